The lowest BCUT2D eigenvalue weighted by atomic mass is 10.2. The fourth-order valence-electron chi connectivity index (χ4n) is 2.15. The van der Waals surface area contributed by atoms with Crippen molar-refractivity contribution in [2.45, 2.75) is 18.7 Å². The zero-order chi connectivity index (χ0) is 20.7. The zero-order valence-corrected chi connectivity index (χ0v) is 17.8. The van der Waals surface area contributed by atoms with Gasteiger partial charge in [-0.25, -0.2) is 13.1 Å². The first kappa shape index (κ1) is 22.3. The van der Waals surface area contributed by atoms with Gasteiger partial charge in [-0.1, -0.05) is 67.1 Å². The average molecular weight is 439 g/mol. The summed E-state index contributed by atoms with van der Waals surface area (Å²) in [7, 11) is -3.87. The van der Waals surface area contributed by atoms with Crippen LogP contribution in [0.1, 0.15) is 29.8 Å². The summed E-state index contributed by atoms with van der Waals surface area (Å²) in [5.74, 6) is 5.32. The van der Waals surface area contributed by atoms with Crippen LogP contribution < -0.4 is 10.0 Å². The Labute approximate surface area is 175 Å². The zero-order valence-electron chi connectivity index (χ0n) is 15.4. The molecule has 8 heteroatoms. The van der Waals surface area contributed by atoms with Crippen molar-refractivity contribution in [1.82, 2.24) is 10.0 Å². The smallest absolute Gasteiger partial charge is 0.253 e. The summed E-state index contributed by atoms with van der Waals surface area (Å²) in [6.07, 6.45) is 0. The van der Waals surface area contributed by atoms with Crippen LogP contribution in [0.2, 0.25) is 10.0 Å². The number of halogens is 2. The van der Waals surface area contributed by atoms with E-state index in [2.05, 4.69) is 21.9 Å². The summed E-state index contributed by atoms with van der Waals surface area (Å²) in [5, 5.41) is 2.61. The Morgan fingerprint density at radius 1 is 1.11 bits per heavy atom. The van der Waals surface area contributed by atoms with Crippen molar-refractivity contribution >= 4 is 39.1 Å². The lowest BCUT2D eigenvalue weighted by Gasteiger charge is -2.12. The third-order valence-corrected chi connectivity index (χ3v) is 5.78. The Morgan fingerprint density at radius 3 is 2.43 bits per heavy atom. The summed E-state index contributed by atoms with van der Waals surface area (Å²) in [4.78, 5) is 12.2. The second-order valence-electron chi connectivity index (χ2n) is 6.36. The van der Waals surface area contributed by atoms with E-state index >= 15 is 0 Å². The van der Waals surface area contributed by atoms with E-state index in [-0.39, 0.29) is 39.5 Å². The third-order valence-electron chi connectivity index (χ3n) is 3.58. The molecule has 1 amide bonds. The second-order valence-corrected chi connectivity index (χ2v) is 8.91. The Morgan fingerprint density at radius 2 is 1.79 bits per heavy atom. The third kappa shape index (κ3) is 6.25. The maximum atomic E-state index is 12.5. The summed E-state index contributed by atoms with van der Waals surface area (Å²) in [6, 6.07) is 11.7. The summed E-state index contributed by atoms with van der Waals surface area (Å²) >= 11 is 12.1. The van der Waals surface area contributed by atoms with Crippen LogP contribution in [0.4, 0.5) is 0 Å². The predicted octanol–water partition coefficient (Wildman–Crippen LogP) is 3.71. The van der Waals surface area contributed by atoms with E-state index in [9.17, 15) is 13.2 Å². The molecule has 0 atom stereocenters. The molecule has 0 aliphatic rings. The first-order valence-corrected chi connectivity index (χ1v) is 10.8. The van der Waals surface area contributed by atoms with Crippen molar-refractivity contribution in [2.75, 3.05) is 13.1 Å². The van der Waals surface area contributed by atoms with Crippen molar-refractivity contribution in [1.29, 1.82) is 0 Å². The van der Waals surface area contributed by atoms with Gasteiger partial charge in [-0.2, -0.15) is 0 Å². The highest BCUT2D eigenvalue weighted by Gasteiger charge is 2.22. The number of carbonyl (C=O) groups is 1. The monoisotopic (exact) mass is 438 g/mol. The van der Waals surface area contributed by atoms with Crippen LogP contribution in [-0.4, -0.2) is 27.4 Å². The number of hydrogen-bond acceptors (Lipinski definition) is 3. The number of nitrogens with one attached hydrogen (secondary N) is 2. The molecule has 0 bridgehead atoms. The van der Waals surface area contributed by atoms with E-state index in [0.717, 1.165) is 5.56 Å². The molecular formula is C20H20Cl2N2O3S. The predicted molar refractivity (Wildman–Crippen MR) is 112 cm³/mol. The SMILES string of the molecule is CC(C)CNS(=O)(=O)c1cc(C(=O)NCC#Cc2ccccc2)c(Cl)cc1Cl. The van der Waals surface area contributed by atoms with Crippen LogP contribution in [0, 0.1) is 17.8 Å². The fourth-order valence-corrected chi connectivity index (χ4v) is 4.22. The minimum atomic E-state index is -3.87. The molecule has 0 aromatic heterocycles. The fraction of sp³-hybridized carbons (Fsp3) is 0.250. The molecule has 2 aromatic carbocycles. The molecule has 0 spiro atoms. The van der Waals surface area contributed by atoms with Gasteiger partial charge in [0.25, 0.3) is 5.91 Å². The molecule has 2 rings (SSSR count). The molecular weight excluding hydrogens is 419 g/mol. The first-order valence-electron chi connectivity index (χ1n) is 8.51. The Balaban J connectivity index is 2.16. The van der Waals surface area contributed by atoms with E-state index in [1.807, 2.05) is 44.2 Å². The molecule has 0 aliphatic carbocycles. The standard InChI is InChI=1S/C20H20Cl2N2O3S/c1-14(2)13-24-28(26,27)19-11-16(17(21)12-18(19)22)20(25)23-10-6-9-15-7-4-3-5-8-15/h3-5,7-8,11-12,14,24H,10,13H2,1-2H3,(H,23,25). The van der Waals surface area contributed by atoms with Crippen LogP contribution in [0.5, 0.6) is 0 Å². The highest BCUT2D eigenvalue weighted by Crippen LogP contribution is 2.28. The lowest BCUT2D eigenvalue weighted by Crippen LogP contribution is -2.29. The van der Waals surface area contributed by atoms with Crippen molar-refractivity contribution < 1.29 is 13.2 Å². The first-order chi connectivity index (χ1) is 13.2. The Hall–Kier alpha value is -2.04. The highest BCUT2D eigenvalue weighted by atomic mass is 35.5. The summed E-state index contributed by atoms with van der Waals surface area (Å²) in [6.45, 7) is 4.08. The topological polar surface area (TPSA) is 75.3 Å². The molecule has 148 valence electrons. The van der Waals surface area contributed by atoms with E-state index < -0.39 is 15.9 Å². The van der Waals surface area contributed by atoms with Gasteiger partial charge in [0.15, 0.2) is 0 Å². The number of hydrogen-bond donors (Lipinski definition) is 2. The number of benzene rings is 2. The molecule has 0 fully saturated rings. The normalized spacial score (nSPS) is 11.0. The minimum absolute atomic E-state index is 0.0116. The van der Waals surface area contributed by atoms with Gasteiger partial charge in [0.1, 0.15) is 4.90 Å². The van der Waals surface area contributed by atoms with Crippen LogP contribution in [0.3, 0.4) is 0 Å². The van der Waals surface area contributed by atoms with Crippen molar-refractivity contribution in [3.8, 4) is 11.8 Å². The average Bonchev–Trinajstić information content (AvgIpc) is 2.64. The van der Waals surface area contributed by atoms with Gasteiger partial charge in [0.05, 0.1) is 22.2 Å². The lowest BCUT2D eigenvalue weighted by molar-refractivity contribution is 0.0958. The molecule has 0 saturated heterocycles. The number of rotatable bonds is 6. The van der Waals surface area contributed by atoms with Gasteiger partial charge >= 0.3 is 0 Å². The second kappa shape index (κ2) is 9.94. The molecule has 0 radical (unpaired) electrons. The molecule has 0 heterocycles. The van der Waals surface area contributed by atoms with Crippen molar-refractivity contribution in [3.05, 3.63) is 63.6 Å². The van der Waals surface area contributed by atoms with Gasteiger partial charge in [0, 0.05) is 12.1 Å². The highest BCUT2D eigenvalue weighted by molar-refractivity contribution is 7.89. The van der Waals surface area contributed by atoms with E-state index in [0.29, 0.717) is 0 Å². The summed E-state index contributed by atoms with van der Waals surface area (Å²) < 4.78 is 27.4. The molecule has 5 nitrogen and oxygen atoms in total. The molecule has 2 aromatic rings. The van der Waals surface area contributed by atoms with E-state index in [4.69, 9.17) is 23.2 Å². The Bertz CT molecular complexity index is 1010. The maximum absolute atomic E-state index is 12.5. The van der Waals surface area contributed by atoms with Gasteiger partial charge in [-0.15, -0.1) is 0 Å². The molecule has 0 saturated carbocycles. The molecule has 0 unspecified atom stereocenters. The number of carbonyl (C=O) groups excluding carboxylic acids is 1. The molecule has 2 N–H and O–H groups in total. The number of amides is 1. The van der Waals surface area contributed by atoms with Crippen LogP contribution >= 0.6 is 23.2 Å². The van der Waals surface area contributed by atoms with Gasteiger partial charge < -0.3 is 5.32 Å². The minimum Gasteiger partial charge on any atom is -0.341 e. The van der Waals surface area contributed by atoms with Crippen molar-refractivity contribution in [2.24, 2.45) is 5.92 Å². The van der Waals surface area contributed by atoms with Gasteiger partial charge in [-0.05, 0) is 30.2 Å². The Kier molecular flexibility index (Phi) is 7.90. The van der Waals surface area contributed by atoms with E-state index in [1.165, 1.54) is 12.1 Å². The van der Waals surface area contributed by atoms with Crippen LogP contribution in [-0.2, 0) is 10.0 Å². The van der Waals surface area contributed by atoms with E-state index in [1.54, 1.807) is 0 Å². The van der Waals surface area contributed by atoms with Crippen molar-refractivity contribution in [3.63, 3.8) is 0 Å². The van der Waals surface area contributed by atoms with Crippen LogP contribution in [0.25, 0.3) is 0 Å². The molecule has 0 aliphatic heterocycles. The van der Waals surface area contributed by atoms with Gasteiger partial charge in [-0.3, -0.25) is 4.79 Å². The molecule has 28 heavy (non-hydrogen) atoms. The largest absolute Gasteiger partial charge is 0.341 e. The number of sulfonamides is 1. The van der Waals surface area contributed by atoms with Crippen LogP contribution in [0.15, 0.2) is 47.4 Å². The maximum Gasteiger partial charge on any atom is 0.253 e. The summed E-state index contributed by atoms with van der Waals surface area (Å²) in [5.41, 5.74) is 0.836. The van der Waals surface area contributed by atoms with Gasteiger partial charge in [0.2, 0.25) is 10.0 Å². The quantitative estimate of drug-likeness (QED) is 0.674.